The third-order valence-electron chi connectivity index (χ3n) is 2.31. The molecule has 0 aliphatic heterocycles. The van der Waals surface area contributed by atoms with Gasteiger partial charge in [0.15, 0.2) is 5.78 Å². The van der Waals surface area contributed by atoms with Gasteiger partial charge in [0.2, 0.25) is 0 Å². The maximum Gasteiger partial charge on any atom is 0.288 e. The fourth-order valence-electron chi connectivity index (χ4n) is 1.52. The molecular formula is C13H11NO3. The van der Waals surface area contributed by atoms with E-state index < -0.39 is 10.7 Å². The highest BCUT2D eigenvalue weighted by molar-refractivity contribution is 6.08. The summed E-state index contributed by atoms with van der Waals surface area (Å²) in [5, 5.41) is 11.0. The summed E-state index contributed by atoms with van der Waals surface area (Å²) >= 11 is 0. The molecule has 4 heteroatoms. The van der Waals surface area contributed by atoms with E-state index in [4.69, 9.17) is 0 Å². The van der Waals surface area contributed by atoms with Crippen LogP contribution in [0.1, 0.15) is 21.5 Å². The molecule has 0 saturated heterocycles. The number of allylic oxidation sites excluding steroid dienone is 1. The van der Waals surface area contributed by atoms with Gasteiger partial charge in [0.1, 0.15) is 5.56 Å². The second-order valence-corrected chi connectivity index (χ2v) is 3.20. The van der Waals surface area contributed by atoms with E-state index in [0.717, 1.165) is 6.08 Å². The Morgan fingerprint density at radius 3 is 2.29 bits per heavy atom. The number of nitro benzene ring substituents is 1. The van der Waals surface area contributed by atoms with Crippen molar-refractivity contribution in [1.29, 1.82) is 0 Å². The van der Waals surface area contributed by atoms with Crippen LogP contribution in [0.4, 0.5) is 5.69 Å². The van der Waals surface area contributed by atoms with Crippen molar-refractivity contribution in [3.05, 3.63) is 64.8 Å². The van der Waals surface area contributed by atoms with Crippen LogP contribution in [0.25, 0.3) is 12.2 Å². The molecule has 0 unspecified atom stereocenters. The van der Waals surface area contributed by atoms with Crippen LogP contribution in [0.5, 0.6) is 0 Å². The molecule has 0 atom stereocenters. The first-order valence-electron chi connectivity index (χ1n) is 4.79. The van der Waals surface area contributed by atoms with Crippen LogP contribution >= 0.6 is 0 Å². The van der Waals surface area contributed by atoms with E-state index in [-0.39, 0.29) is 16.8 Å². The van der Waals surface area contributed by atoms with Gasteiger partial charge >= 0.3 is 0 Å². The summed E-state index contributed by atoms with van der Waals surface area (Å²) in [6, 6.07) is 2.99. The van der Waals surface area contributed by atoms with Gasteiger partial charge in [-0.1, -0.05) is 38.0 Å². The zero-order chi connectivity index (χ0) is 13.0. The second kappa shape index (κ2) is 5.03. The molecule has 0 radical (unpaired) electrons. The summed E-state index contributed by atoms with van der Waals surface area (Å²) in [6.45, 7) is 10.4. The lowest BCUT2D eigenvalue weighted by atomic mass is 9.98. The molecule has 0 aliphatic rings. The molecule has 0 fully saturated rings. The second-order valence-electron chi connectivity index (χ2n) is 3.20. The van der Waals surface area contributed by atoms with Crippen molar-refractivity contribution in [3.8, 4) is 0 Å². The SMILES string of the molecule is C=CC(=O)c1ccc(C=C)c(C=C)c1[N+](=O)[O-]. The minimum atomic E-state index is -0.596. The van der Waals surface area contributed by atoms with Crippen LogP contribution in [0.15, 0.2) is 37.9 Å². The van der Waals surface area contributed by atoms with Crippen LogP contribution in [-0.2, 0) is 0 Å². The van der Waals surface area contributed by atoms with Gasteiger partial charge in [0.05, 0.1) is 10.5 Å². The van der Waals surface area contributed by atoms with E-state index >= 15 is 0 Å². The van der Waals surface area contributed by atoms with Crippen molar-refractivity contribution in [2.45, 2.75) is 0 Å². The van der Waals surface area contributed by atoms with Gasteiger partial charge in [-0.05, 0) is 17.7 Å². The van der Waals surface area contributed by atoms with E-state index in [1.54, 1.807) is 6.07 Å². The van der Waals surface area contributed by atoms with Crippen molar-refractivity contribution < 1.29 is 9.72 Å². The molecule has 1 rings (SSSR count). The Bertz CT molecular complexity index is 530. The summed E-state index contributed by atoms with van der Waals surface area (Å²) in [5.41, 5.74) is 0.595. The van der Waals surface area contributed by atoms with Gasteiger partial charge in [-0.3, -0.25) is 14.9 Å². The van der Waals surface area contributed by atoms with Crippen LogP contribution < -0.4 is 0 Å². The lowest BCUT2D eigenvalue weighted by Gasteiger charge is -2.06. The maximum atomic E-state index is 11.5. The highest BCUT2D eigenvalue weighted by atomic mass is 16.6. The molecule has 0 saturated carbocycles. The van der Waals surface area contributed by atoms with Crippen molar-refractivity contribution in [2.75, 3.05) is 0 Å². The number of nitro groups is 1. The molecule has 0 spiro atoms. The zero-order valence-electron chi connectivity index (χ0n) is 9.18. The van der Waals surface area contributed by atoms with Crippen LogP contribution in [0.3, 0.4) is 0 Å². The molecular weight excluding hydrogens is 218 g/mol. The summed E-state index contributed by atoms with van der Waals surface area (Å²) in [5.74, 6) is -0.490. The molecule has 17 heavy (non-hydrogen) atoms. The summed E-state index contributed by atoms with van der Waals surface area (Å²) in [4.78, 5) is 22.0. The lowest BCUT2D eigenvalue weighted by molar-refractivity contribution is -0.385. The van der Waals surface area contributed by atoms with Crippen LogP contribution in [0, 0.1) is 10.1 Å². The number of carbonyl (C=O) groups is 1. The quantitative estimate of drug-likeness (QED) is 0.337. The molecule has 0 heterocycles. The van der Waals surface area contributed by atoms with Gasteiger partial charge in [0, 0.05) is 0 Å². The van der Waals surface area contributed by atoms with Crippen molar-refractivity contribution in [3.63, 3.8) is 0 Å². The fraction of sp³-hybridized carbons (Fsp3) is 0. The predicted molar refractivity (Wildman–Crippen MR) is 67.8 cm³/mol. The van der Waals surface area contributed by atoms with Crippen LogP contribution in [-0.4, -0.2) is 10.7 Å². The number of rotatable bonds is 5. The van der Waals surface area contributed by atoms with Gasteiger partial charge in [-0.2, -0.15) is 0 Å². The van der Waals surface area contributed by atoms with Gasteiger partial charge in [-0.15, -0.1) is 0 Å². The topological polar surface area (TPSA) is 60.2 Å². The van der Waals surface area contributed by atoms with Crippen molar-refractivity contribution in [1.82, 2.24) is 0 Å². The first kappa shape index (κ1) is 12.6. The van der Waals surface area contributed by atoms with Gasteiger partial charge in [-0.25, -0.2) is 0 Å². The molecule has 0 bridgehead atoms. The molecule has 4 nitrogen and oxygen atoms in total. The minimum absolute atomic E-state index is 0.00509. The Labute approximate surface area is 98.7 Å². The van der Waals surface area contributed by atoms with E-state index in [9.17, 15) is 14.9 Å². The third-order valence-corrected chi connectivity index (χ3v) is 2.31. The average Bonchev–Trinajstić information content (AvgIpc) is 2.35. The maximum absolute atomic E-state index is 11.5. The largest absolute Gasteiger partial charge is 0.289 e. The lowest BCUT2D eigenvalue weighted by Crippen LogP contribution is -2.04. The Hall–Kier alpha value is -2.49. The molecule has 0 N–H and O–H groups in total. The number of ketones is 1. The molecule has 0 amide bonds. The Morgan fingerprint density at radius 1 is 1.24 bits per heavy atom. The van der Waals surface area contributed by atoms with E-state index in [1.807, 2.05) is 0 Å². The molecule has 1 aromatic rings. The van der Waals surface area contributed by atoms with E-state index in [2.05, 4.69) is 19.7 Å². The van der Waals surface area contributed by atoms with Crippen LogP contribution in [0.2, 0.25) is 0 Å². The number of carbonyl (C=O) groups excluding carboxylic acids is 1. The van der Waals surface area contributed by atoms with Crippen molar-refractivity contribution >= 4 is 23.6 Å². The predicted octanol–water partition coefficient (Wildman–Crippen LogP) is 3.25. The fourth-order valence-corrected chi connectivity index (χ4v) is 1.52. The highest BCUT2D eigenvalue weighted by Crippen LogP contribution is 2.29. The van der Waals surface area contributed by atoms with E-state index in [0.29, 0.717) is 5.56 Å². The van der Waals surface area contributed by atoms with Gasteiger partial charge < -0.3 is 0 Å². The number of hydrogen-bond acceptors (Lipinski definition) is 3. The first-order chi connectivity index (χ1) is 8.06. The average molecular weight is 229 g/mol. The smallest absolute Gasteiger partial charge is 0.288 e. The number of hydrogen-bond donors (Lipinski definition) is 0. The minimum Gasteiger partial charge on any atom is -0.289 e. The number of nitrogens with zero attached hydrogens (tertiary/aromatic N) is 1. The van der Waals surface area contributed by atoms with Gasteiger partial charge in [0.25, 0.3) is 5.69 Å². The molecule has 1 aromatic carbocycles. The third kappa shape index (κ3) is 2.20. The summed E-state index contributed by atoms with van der Waals surface area (Å²) < 4.78 is 0. The van der Waals surface area contributed by atoms with E-state index in [1.165, 1.54) is 18.2 Å². The molecule has 0 aliphatic carbocycles. The normalized spacial score (nSPS) is 9.41. The Kier molecular flexibility index (Phi) is 3.72. The van der Waals surface area contributed by atoms with Crippen molar-refractivity contribution in [2.24, 2.45) is 0 Å². The zero-order valence-corrected chi connectivity index (χ0v) is 9.18. The summed E-state index contributed by atoms with van der Waals surface area (Å²) in [7, 11) is 0. The summed E-state index contributed by atoms with van der Waals surface area (Å²) in [6.07, 6.45) is 3.87. The Balaban J connectivity index is 3.70. The Morgan fingerprint density at radius 2 is 1.88 bits per heavy atom. The number of benzene rings is 1. The molecule has 0 aromatic heterocycles. The highest BCUT2D eigenvalue weighted by Gasteiger charge is 2.23. The standard InChI is InChI=1S/C13H11NO3/c1-4-9-7-8-11(12(15)6-3)13(14(16)17)10(9)5-2/h4-8H,1-3H2. The first-order valence-corrected chi connectivity index (χ1v) is 4.79. The monoisotopic (exact) mass is 229 g/mol. The molecule has 86 valence electrons.